The number of ether oxygens (including phenoxy) is 1. The van der Waals surface area contributed by atoms with E-state index in [2.05, 4.69) is 15.9 Å². The van der Waals surface area contributed by atoms with Crippen molar-refractivity contribution in [3.05, 3.63) is 57.1 Å². The average molecular weight is 327 g/mol. The first-order valence-corrected chi connectivity index (χ1v) is 7.03. The number of thioether (sulfide) groups is 1. The molecule has 5 heteroatoms. The van der Waals surface area contributed by atoms with Gasteiger partial charge in [0.1, 0.15) is 16.0 Å². The molecule has 0 fully saturated rings. The summed E-state index contributed by atoms with van der Waals surface area (Å²) in [6.45, 7) is 0. The maximum atomic E-state index is 11.5. The fourth-order valence-electron chi connectivity index (χ4n) is 1.39. The number of rotatable bonds is 4. The molecule has 0 aliphatic carbocycles. The lowest BCUT2D eigenvalue weighted by Gasteiger charge is -2.05. The van der Waals surface area contributed by atoms with Gasteiger partial charge in [0.15, 0.2) is 0 Å². The Labute approximate surface area is 117 Å². The molecule has 2 rings (SSSR count). The minimum Gasteiger partial charge on any atom is -0.495 e. The van der Waals surface area contributed by atoms with Crippen LogP contribution >= 0.6 is 27.7 Å². The van der Waals surface area contributed by atoms with Gasteiger partial charge in [0, 0.05) is 11.0 Å². The van der Waals surface area contributed by atoms with Crippen LogP contribution < -0.4 is 10.4 Å². The molecule has 18 heavy (non-hydrogen) atoms. The summed E-state index contributed by atoms with van der Waals surface area (Å²) < 4.78 is 10.6. The Balaban J connectivity index is 2.15. The van der Waals surface area contributed by atoms with E-state index in [0.29, 0.717) is 21.7 Å². The molecule has 0 N–H and O–H groups in total. The molecular weight excluding hydrogens is 316 g/mol. The second kappa shape index (κ2) is 6.11. The molecule has 0 bridgehead atoms. The Kier molecular flexibility index (Phi) is 4.49. The fraction of sp³-hybridized carbons (Fsp3) is 0.154. The van der Waals surface area contributed by atoms with Crippen LogP contribution in [-0.4, -0.2) is 7.11 Å². The smallest absolute Gasteiger partial charge is 0.354 e. The number of methoxy groups -OCH3 is 1. The highest BCUT2D eigenvalue weighted by Crippen LogP contribution is 2.26. The maximum absolute atomic E-state index is 11.5. The molecule has 0 unspecified atom stereocenters. The van der Waals surface area contributed by atoms with Gasteiger partial charge >= 0.3 is 5.63 Å². The van der Waals surface area contributed by atoms with Crippen molar-refractivity contribution in [1.29, 1.82) is 0 Å². The standard InChI is InChI=1S/C13H11BrO3S/c1-16-11-7-9(17-13(15)12(11)14)8-18-10-5-3-2-4-6-10/h2-7H,8H2,1H3. The molecule has 1 aromatic heterocycles. The van der Waals surface area contributed by atoms with E-state index in [1.807, 2.05) is 30.3 Å². The van der Waals surface area contributed by atoms with Crippen molar-refractivity contribution in [2.45, 2.75) is 10.6 Å². The van der Waals surface area contributed by atoms with E-state index in [0.717, 1.165) is 4.90 Å². The third-order valence-corrected chi connectivity index (χ3v) is 4.00. The van der Waals surface area contributed by atoms with E-state index in [1.54, 1.807) is 17.8 Å². The van der Waals surface area contributed by atoms with Gasteiger partial charge in [-0.15, -0.1) is 11.8 Å². The zero-order chi connectivity index (χ0) is 13.0. The molecular formula is C13H11BrO3S. The Morgan fingerprint density at radius 3 is 2.72 bits per heavy atom. The highest BCUT2D eigenvalue weighted by molar-refractivity contribution is 9.10. The number of halogens is 1. The van der Waals surface area contributed by atoms with Gasteiger partial charge in [-0.3, -0.25) is 0 Å². The molecule has 3 nitrogen and oxygen atoms in total. The molecule has 0 aliphatic heterocycles. The monoisotopic (exact) mass is 326 g/mol. The Morgan fingerprint density at radius 2 is 2.06 bits per heavy atom. The zero-order valence-electron chi connectivity index (χ0n) is 9.68. The predicted octanol–water partition coefficient (Wildman–Crippen LogP) is 3.70. The Bertz CT molecular complexity index is 581. The van der Waals surface area contributed by atoms with Crippen molar-refractivity contribution in [3.8, 4) is 5.75 Å². The highest BCUT2D eigenvalue weighted by atomic mass is 79.9. The molecule has 0 atom stereocenters. The molecule has 1 heterocycles. The van der Waals surface area contributed by atoms with E-state index in [9.17, 15) is 4.79 Å². The number of hydrogen-bond acceptors (Lipinski definition) is 4. The predicted molar refractivity (Wildman–Crippen MR) is 75.2 cm³/mol. The zero-order valence-corrected chi connectivity index (χ0v) is 12.1. The van der Waals surface area contributed by atoms with Crippen molar-refractivity contribution in [2.24, 2.45) is 0 Å². The van der Waals surface area contributed by atoms with Crippen molar-refractivity contribution >= 4 is 27.7 Å². The van der Waals surface area contributed by atoms with Gasteiger partial charge in [-0.25, -0.2) is 4.79 Å². The van der Waals surface area contributed by atoms with E-state index in [4.69, 9.17) is 9.15 Å². The molecule has 94 valence electrons. The first-order valence-electron chi connectivity index (χ1n) is 5.25. The third kappa shape index (κ3) is 3.17. The Morgan fingerprint density at radius 1 is 1.33 bits per heavy atom. The van der Waals surface area contributed by atoms with Gasteiger partial charge in [-0.1, -0.05) is 18.2 Å². The van der Waals surface area contributed by atoms with Crippen molar-refractivity contribution in [1.82, 2.24) is 0 Å². The van der Waals surface area contributed by atoms with Crippen LogP contribution in [0.5, 0.6) is 5.75 Å². The van der Waals surface area contributed by atoms with Gasteiger partial charge in [0.2, 0.25) is 0 Å². The molecule has 2 aromatic rings. The van der Waals surface area contributed by atoms with E-state index >= 15 is 0 Å². The van der Waals surface area contributed by atoms with Crippen LogP contribution in [0.1, 0.15) is 5.76 Å². The number of hydrogen-bond donors (Lipinski definition) is 0. The Hall–Kier alpha value is -1.20. The van der Waals surface area contributed by atoms with Crippen LogP contribution in [-0.2, 0) is 5.75 Å². The summed E-state index contributed by atoms with van der Waals surface area (Å²) in [5.41, 5.74) is -0.419. The van der Waals surface area contributed by atoms with Gasteiger partial charge in [0.25, 0.3) is 0 Å². The average Bonchev–Trinajstić information content (AvgIpc) is 2.41. The summed E-state index contributed by atoms with van der Waals surface area (Å²) in [5, 5.41) is 0. The lowest BCUT2D eigenvalue weighted by molar-refractivity contribution is 0.391. The highest BCUT2D eigenvalue weighted by Gasteiger charge is 2.09. The second-order valence-corrected chi connectivity index (χ2v) is 5.33. The minimum atomic E-state index is -0.419. The topological polar surface area (TPSA) is 39.4 Å². The first kappa shape index (κ1) is 13.2. The molecule has 1 aromatic carbocycles. The number of benzene rings is 1. The van der Waals surface area contributed by atoms with Crippen molar-refractivity contribution in [2.75, 3.05) is 7.11 Å². The summed E-state index contributed by atoms with van der Waals surface area (Å²) in [6, 6.07) is 11.7. The van der Waals surface area contributed by atoms with Gasteiger partial charge in [-0.05, 0) is 28.1 Å². The van der Waals surface area contributed by atoms with Gasteiger partial charge in [0.05, 0.1) is 12.9 Å². The molecule has 0 spiro atoms. The molecule has 0 amide bonds. The summed E-state index contributed by atoms with van der Waals surface area (Å²) >= 11 is 4.74. The fourth-order valence-corrected chi connectivity index (χ4v) is 2.55. The first-order chi connectivity index (χ1) is 8.70. The van der Waals surface area contributed by atoms with Gasteiger partial charge in [-0.2, -0.15) is 0 Å². The molecule has 0 radical (unpaired) electrons. The third-order valence-electron chi connectivity index (χ3n) is 2.26. The quantitative estimate of drug-likeness (QED) is 0.803. The molecule has 0 aliphatic rings. The van der Waals surface area contributed by atoms with Crippen LogP contribution in [0.2, 0.25) is 0 Å². The summed E-state index contributed by atoms with van der Waals surface area (Å²) in [7, 11) is 1.52. The van der Waals surface area contributed by atoms with Crippen molar-refractivity contribution < 1.29 is 9.15 Å². The molecule has 0 saturated heterocycles. The van der Waals surface area contributed by atoms with Crippen LogP contribution in [0, 0.1) is 0 Å². The van der Waals surface area contributed by atoms with Crippen LogP contribution in [0.15, 0.2) is 55.0 Å². The van der Waals surface area contributed by atoms with E-state index in [-0.39, 0.29) is 0 Å². The van der Waals surface area contributed by atoms with Crippen LogP contribution in [0.3, 0.4) is 0 Å². The lowest BCUT2D eigenvalue weighted by atomic mass is 10.4. The maximum Gasteiger partial charge on any atom is 0.354 e. The van der Waals surface area contributed by atoms with E-state index in [1.165, 1.54) is 7.11 Å². The van der Waals surface area contributed by atoms with Crippen LogP contribution in [0.4, 0.5) is 0 Å². The van der Waals surface area contributed by atoms with Gasteiger partial charge < -0.3 is 9.15 Å². The second-order valence-electron chi connectivity index (χ2n) is 3.48. The minimum absolute atomic E-state index is 0.318. The largest absolute Gasteiger partial charge is 0.495 e. The summed E-state index contributed by atoms with van der Waals surface area (Å²) in [4.78, 5) is 12.7. The SMILES string of the molecule is COc1cc(CSc2ccccc2)oc(=O)c1Br. The van der Waals surface area contributed by atoms with E-state index < -0.39 is 5.63 Å². The normalized spacial score (nSPS) is 10.3. The molecule has 0 saturated carbocycles. The van der Waals surface area contributed by atoms with Crippen molar-refractivity contribution in [3.63, 3.8) is 0 Å². The summed E-state index contributed by atoms with van der Waals surface area (Å²) in [5.74, 6) is 1.67. The van der Waals surface area contributed by atoms with Crippen LogP contribution in [0.25, 0.3) is 0 Å². The lowest BCUT2D eigenvalue weighted by Crippen LogP contribution is -2.04. The summed E-state index contributed by atoms with van der Waals surface area (Å²) in [6.07, 6.45) is 0.